The molecule has 0 radical (unpaired) electrons. The van der Waals surface area contributed by atoms with Crippen LogP contribution in [-0.4, -0.2) is 16.1 Å². The van der Waals surface area contributed by atoms with E-state index in [9.17, 15) is 9.90 Å². The zero-order chi connectivity index (χ0) is 11.6. The molecule has 4 heteroatoms. The maximum absolute atomic E-state index is 11.2. The lowest BCUT2D eigenvalue weighted by atomic mass is 9.83. The van der Waals surface area contributed by atoms with Crippen molar-refractivity contribution in [3.63, 3.8) is 0 Å². The zero-order valence-electron chi connectivity index (χ0n) is 9.04. The summed E-state index contributed by atoms with van der Waals surface area (Å²) in [5.74, 6) is -0.845. The van der Waals surface area contributed by atoms with Crippen LogP contribution in [0.1, 0.15) is 31.5 Å². The fraction of sp³-hybridized carbons (Fsp3) is 0.455. The van der Waals surface area contributed by atoms with E-state index < -0.39 is 11.4 Å². The van der Waals surface area contributed by atoms with Gasteiger partial charge in [0.25, 0.3) is 0 Å². The van der Waals surface area contributed by atoms with Crippen LogP contribution in [0, 0.1) is 6.92 Å². The third kappa shape index (κ3) is 2.20. The highest BCUT2D eigenvalue weighted by Gasteiger charge is 2.36. The number of pyridine rings is 1. The first-order valence-electron chi connectivity index (χ1n) is 4.78. The minimum absolute atomic E-state index is 0.511. The quantitative estimate of drug-likeness (QED) is 0.920. The van der Waals surface area contributed by atoms with Gasteiger partial charge in [-0.3, -0.25) is 9.78 Å². The van der Waals surface area contributed by atoms with Crippen molar-refractivity contribution in [3.05, 3.63) is 28.0 Å². The zero-order valence-corrected chi connectivity index (χ0v) is 10.6. The highest BCUT2D eigenvalue weighted by Crippen LogP contribution is 2.32. The Morgan fingerprint density at radius 2 is 2.27 bits per heavy atom. The molecule has 1 aromatic rings. The van der Waals surface area contributed by atoms with Gasteiger partial charge in [0.05, 0.1) is 5.69 Å². The summed E-state index contributed by atoms with van der Waals surface area (Å²) in [5.41, 5.74) is 0.671. The van der Waals surface area contributed by atoms with Crippen molar-refractivity contribution in [2.45, 2.75) is 32.6 Å². The topological polar surface area (TPSA) is 50.2 Å². The summed E-state index contributed by atoms with van der Waals surface area (Å²) in [4.78, 5) is 15.4. The number of halogens is 1. The first-order chi connectivity index (χ1) is 6.91. The molecule has 0 fully saturated rings. The lowest BCUT2D eigenvalue weighted by Gasteiger charge is -2.23. The minimum Gasteiger partial charge on any atom is -0.481 e. The third-order valence-corrected chi connectivity index (χ3v) is 3.28. The maximum atomic E-state index is 11.2. The van der Waals surface area contributed by atoms with Gasteiger partial charge in [-0.05, 0) is 47.8 Å². The standard InChI is InChI=1S/C11H14BrNO2/c1-4-11(3,10(14)15)9-8(12)5-7(2)6-13-9/h5-6H,4H2,1-3H3,(H,14,15). The van der Waals surface area contributed by atoms with Crippen LogP contribution in [0.2, 0.25) is 0 Å². The third-order valence-electron chi connectivity index (χ3n) is 2.68. The van der Waals surface area contributed by atoms with Crippen molar-refractivity contribution in [1.82, 2.24) is 4.98 Å². The van der Waals surface area contributed by atoms with E-state index in [-0.39, 0.29) is 0 Å². The highest BCUT2D eigenvalue weighted by atomic mass is 79.9. The van der Waals surface area contributed by atoms with Gasteiger partial charge in [0, 0.05) is 10.7 Å². The van der Waals surface area contributed by atoms with Crippen molar-refractivity contribution in [2.75, 3.05) is 0 Å². The molecule has 0 aromatic carbocycles. The van der Waals surface area contributed by atoms with E-state index in [1.165, 1.54) is 0 Å². The van der Waals surface area contributed by atoms with Crippen LogP contribution in [0.15, 0.2) is 16.7 Å². The second kappa shape index (κ2) is 4.31. The molecule has 15 heavy (non-hydrogen) atoms. The molecule has 1 unspecified atom stereocenters. The Morgan fingerprint density at radius 3 is 2.67 bits per heavy atom. The number of rotatable bonds is 3. The predicted octanol–water partition coefficient (Wildman–Crippen LogP) is 2.90. The largest absolute Gasteiger partial charge is 0.481 e. The fourth-order valence-electron chi connectivity index (χ4n) is 1.36. The number of nitrogens with zero attached hydrogens (tertiary/aromatic N) is 1. The second-order valence-corrected chi connectivity index (χ2v) is 4.69. The van der Waals surface area contributed by atoms with Crippen molar-refractivity contribution in [1.29, 1.82) is 0 Å². The average molecular weight is 272 g/mol. The summed E-state index contributed by atoms with van der Waals surface area (Å²) in [6.45, 7) is 5.46. The van der Waals surface area contributed by atoms with Gasteiger partial charge in [-0.15, -0.1) is 0 Å². The van der Waals surface area contributed by atoms with E-state index in [2.05, 4.69) is 20.9 Å². The molecule has 0 bridgehead atoms. The fourth-order valence-corrected chi connectivity index (χ4v) is 2.26. The Labute approximate surface area is 97.7 Å². The van der Waals surface area contributed by atoms with E-state index >= 15 is 0 Å². The molecule has 1 aromatic heterocycles. The Balaban J connectivity index is 3.30. The molecule has 3 nitrogen and oxygen atoms in total. The van der Waals surface area contributed by atoms with E-state index in [0.29, 0.717) is 12.1 Å². The van der Waals surface area contributed by atoms with Gasteiger partial charge in [-0.2, -0.15) is 0 Å². The summed E-state index contributed by atoms with van der Waals surface area (Å²) >= 11 is 3.37. The lowest BCUT2D eigenvalue weighted by Crippen LogP contribution is -2.33. The van der Waals surface area contributed by atoms with Crippen LogP contribution < -0.4 is 0 Å². The summed E-state index contributed by atoms with van der Waals surface area (Å²) < 4.78 is 0.759. The highest BCUT2D eigenvalue weighted by molar-refractivity contribution is 9.10. The molecule has 0 amide bonds. The second-order valence-electron chi connectivity index (χ2n) is 3.83. The van der Waals surface area contributed by atoms with E-state index in [1.807, 2.05) is 19.9 Å². The molecular formula is C11H14BrNO2. The molecule has 0 spiro atoms. The van der Waals surface area contributed by atoms with Crippen LogP contribution in [-0.2, 0) is 10.2 Å². The van der Waals surface area contributed by atoms with Gasteiger partial charge in [0.15, 0.2) is 0 Å². The number of carbonyl (C=O) groups is 1. The molecule has 82 valence electrons. The van der Waals surface area contributed by atoms with E-state index in [1.54, 1.807) is 13.1 Å². The Hall–Kier alpha value is -0.900. The summed E-state index contributed by atoms with van der Waals surface area (Å²) in [7, 11) is 0. The van der Waals surface area contributed by atoms with Crippen molar-refractivity contribution in [2.24, 2.45) is 0 Å². The van der Waals surface area contributed by atoms with Gasteiger partial charge in [0.1, 0.15) is 5.41 Å². The molecule has 0 aliphatic carbocycles. The van der Waals surface area contributed by atoms with Gasteiger partial charge < -0.3 is 5.11 Å². The van der Waals surface area contributed by atoms with Crippen molar-refractivity contribution in [3.8, 4) is 0 Å². The predicted molar refractivity (Wildman–Crippen MR) is 62.0 cm³/mol. The summed E-state index contributed by atoms with van der Waals surface area (Å²) in [5, 5.41) is 9.22. The number of aryl methyl sites for hydroxylation is 1. The van der Waals surface area contributed by atoms with E-state index in [0.717, 1.165) is 10.0 Å². The molecule has 0 saturated carbocycles. The number of carboxylic acid groups (broad SMARTS) is 1. The van der Waals surface area contributed by atoms with Gasteiger partial charge in [-0.25, -0.2) is 0 Å². The van der Waals surface area contributed by atoms with Crippen LogP contribution in [0.25, 0.3) is 0 Å². The SMILES string of the molecule is CCC(C)(C(=O)O)c1ncc(C)cc1Br. The van der Waals surface area contributed by atoms with Crippen LogP contribution in [0.5, 0.6) is 0 Å². The van der Waals surface area contributed by atoms with Gasteiger partial charge in [0.2, 0.25) is 0 Å². The van der Waals surface area contributed by atoms with Gasteiger partial charge >= 0.3 is 5.97 Å². The number of aliphatic carboxylic acids is 1. The molecule has 0 saturated heterocycles. The molecule has 0 aliphatic heterocycles. The normalized spacial score (nSPS) is 14.7. The Kier molecular flexibility index (Phi) is 3.50. The number of aromatic nitrogens is 1. The molecular weight excluding hydrogens is 258 g/mol. The molecule has 1 rings (SSSR count). The van der Waals surface area contributed by atoms with Crippen molar-refractivity contribution >= 4 is 21.9 Å². The summed E-state index contributed by atoms with van der Waals surface area (Å²) in [6, 6.07) is 1.89. The molecule has 0 aliphatic rings. The number of hydrogen-bond donors (Lipinski definition) is 1. The summed E-state index contributed by atoms with van der Waals surface area (Å²) in [6.07, 6.45) is 2.20. The molecule has 1 atom stereocenters. The first-order valence-corrected chi connectivity index (χ1v) is 5.57. The first kappa shape index (κ1) is 12.2. The minimum atomic E-state index is -0.924. The molecule has 1 heterocycles. The number of carboxylic acids is 1. The Morgan fingerprint density at radius 1 is 1.67 bits per heavy atom. The monoisotopic (exact) mass is 271 g/mol. The van der Waals surface area contributed by atoms with Gasteiger partial charge in [-0.1, -0.05) is 6.92 Å². The van der Waals surface area contributed by atoms with Crippen LogP contribution >= 0.6 is 15.9 Å². The smallest absolute Gasteiger partial charge is 0.315 e. The van der Waals surface area contributed by atoms with E-state index in [4.69, 9.17) is 0 Å². The lowest BCUT2D eigenvalue weighted by molar-refractivity contribution is -0.143. The number of hydrogen-bond acceptors (Lipinski definition) is 2. The van der Waals surface area contributed by atoms with Crippen LogP contribution in [0.3, 0.4) is 0 Å². The van der Waals surface area contributed by atoms with Crippen molar-refractivity contribution < 1.29 is 9.90 Å². The van der Waals surface area contributed by atoms with Crippen LogP contribution in [0.4, 0.5) is 0 Å². The maximum Gasteiger partial charge on any atom is 0.315 e. The Bertz CT molecular complexity index is 392. The average Bonchev–Trinajstić information content (AvgIpc) is 2.16. The molecule has 1 N–H and O–H groups in total.